The van der Waals surface area contributed by atoms with Gasteiger partial charge in [-0.2, -0.15) is 4.98 Å². The van der Waals surface area contributed by atoms with Crippen molar-refractivity contribution < 1.29 is 9.78 Å². The van der Waals surface area contributed by atoms with E-state index in [-0.39, 0.29) is 3.74 Å². The Morgan fingerprint density at radius 3 is 2.39 bits per heavy atom. The second-order valence-electron chi connectivity index (χ2n) is 3.47. The van der Waals surface area contributed by atoms with Crippen LogP contribution in [0.2, 0.25) is 5.02 Å². The number of amides is 1. The first-order valence-electron chi connectivity index (χ1n) is 4.89. The molecule has 0 aliphatic heterocycles. The number of alkyl halides is 2. The number of primary amides is 1. The number of thiazole rings is 1. The summed E-state index contributed by atoms with van der Waals surface area (Å²) in [7, 11) is 0. The fraction of sp³-hybridized carbons (Fsp3) is 0.0909. The second-order valence-corrected chi connectivity index (χ2v) is 7.99. The number of nitrogens with one attached hydrogen (secondary N) is 1. The maximum Gasteiger partial charge on any atom is 0.268 e. The van der Waals surface area contributed by atoms with E-state index in [9.17, 15) is 4.79 Å². The van der Waals surface area contributed by atoms with Gasteiger partial charge >= 0.3 is 0 Å². The average Bonchev–Trinajstić information content (AvgIpc) is 2.75. The standard InChI is InChI=1S/C11H7Br2ClN2OS/c12-9(13)7-8(10(15)17)18-11(16-7)5-1-3-6(14)4-2-5/h1-4,9H,(H2,15,17)/p+1. The third-order valence-electron chi connectivity index (χ3n) is 2.25. The fourth-order valence-electron chi connectivity index (χ4n) is 1.43. The molecule has 0 spiro atoms. The van der Waals surface area contributed by atoms with Gasteiger partial charge in [-0.05, 0) is 24.3 Å². The van der Waals surface area contributed by atoms with E-state index >= 15 is 0 Å². The first-order chi connectivity index (χ1) is 8.49. The van der Waals surface area contributed by atoms with Crippen LogP contribution < -0.4 is 10.7 Å². The maximum absolute atomic E-state index is 11.4. The summed E-state index contributed by atoms with van der Waals surface area (Å²) >= 11 is 13.9. The zero-order chi connectivity index (χ0) is 13.3. The minimum absolute atomic E-state index is 0.148. The molecule has 0 aliphatic carbocycles. The molecule has 3 nitrogen and oxygen atoms in total. The quantitative estimate of drug-likeness (QED) is 0.768. The number of carbonyl (C=O) groups is 1. The highest BCUT2D eigenvalue weighted by Gasteiger charge is 2.27. The summed E-state index contributed by atoms with van der Waals surface area (Å²) in [5.41, 5.74) is 7.03. The molecule has 0 radical (unpaired) electrons. The largest absolute Gasteiger partial charge is 0.365 e. The van der Waals surface area contributed by atoms with Gasteiger partial charge in [0.2, 0.25) is 5.69 Å². The van der Waals surface area contributed by atoms with Crippen LogP contribution in [0.1, 0.15) is 19.1 Å². The summed E-state index contributed by atoms with van der Waals surface area (Å²) in [4.78, 5) is 15.1. The van der Waals surface area contributed by atoms with Gasteiger partial charge < -0.3 is 5.73 Å². The molecule has 0 saturated heterocycles. The number of rotatable bonds is 3. The molecule has 1 heterocycles. The summed E-state index contributed by atoms with van der Waals surface area (Å²) < 4.78 is -0.148. The van der Waals surface area contributed by atoms with Gasteiger partial charge in [-0.25, -0.2) is 0 Å². The zero-order valence-electron chi connectivity index (χ0n) is 8.91. The predicted molar refractivity (Wildman–Crippen MR) is 80.4 cm³/mol. The Hall–Kier alpha value is -0.430. The molecule has 0 aliphatic rings. The highest BCUT2D eigenvalue weighted by atomic mass is 79.9. The Morgan fingerprint density at radius 2 is 1.94 bits per heavy atom. The molecule has 7 heteroatoms. The Morgan fingerprint density at radius 1 is 1.33 bits per heavy atom. The molecular weight excluding hydrogens is 403 g/mol. The molecule has 0 saturated carbocycles. The van der Waals surface area contributed by atoms with Gasteiger partial charge in [0.1, 0.15) is 0 Å². The Bertz CT molecular complexity index is 583. The SMILES string of the molecule is NC(=O)c1sc(-c2ccc(Cl)cc2)[nH+]c1C(Br)Br. The normalized spacial score (nSPS) is 10.9. The van der Waals surface area contributed by atoms with Crippen molar-refractivity contribution in [3.05, 3.63) is 39.9 Å². The molecular formula is C11H8Br2ClN2OS+. The smallest absolute Gasteiger partial charge is 0.268 e. The van der Waals surface area contributed by atoms with Gasteiger partial charge in [0.05, 0.1) is 5.56 Å². The predicted octanol–water partition coefficient (Wildman–Crippen LogP) is 3.77. The molecule has 2 rings (SSSR count). The van der Waals surface area contributed by atoms with E-state index in [2.05, 4.69) is 36.8 Å². The summed E-state index contributed by atoms with van der Waals surface area (Å²) in [5.74, 6) is -0.449. The topological polar surface area (TPSA) is 57.2 Å². The maximum atomic E-state index is 11.4. The van der Waals surface area contributed by atoms with Crippen molar-refractivity contribution in [3.63, 3.8) is 0 Å². The van der Waals surface area contributed by atoms with E-state index in [0.29, 0.717) is 9.90 Å². The van der Waals surface area contributed by atoms with Crippen molar-refractivity contribution in [2.45, 2.75) is 3.74 Å². The van der Waals surface area contributed by atoms with Crippen LogP contribution in [0.3, 0.4) is 0 Å². The van der Waals surface area contributed by atoms with Gasteiger partial charge in [-0.15, -0.1) is 0 Å². The van der Waals surface area contributed by atoms with Crippen molar-refractivity contribution in [1.82, 2.24) is 0 Å². The minimum atomic E-state index is -0.449. The third kappa shape index (κ3) is 2.93. The number of hydrogen-bond acceptors (Lipinski definition) is 2. The lowest BCUT2D eigenvalue weighted by molar-refractivity contribution is -0.368. The molecule has 2 aromatic rings. The van der Waals surface area contributed by atoms with Crippen LogP contribution in [0.15, 0.2) is 24.3 Å². The minimum Gasteiger partial charge on any atom is -0.365 e. The van der Waals surface area contributed by atoms with E-state index in [1.165, 1.54) is 11.3 Å². The van der Waals surface area contributed by atoms with Gasteiger partial charge in [-0.3, -0.25) is 4.79 Å². The molecule has 0 atom stereocenters. The Balaban J connectivity index is 2.49. The van der Waals surface area contributed by atoms with Gasteiger partial charge in [0, 0.05) is 5.02 Å². The number of benzene rings is 1. The first kappa shape index (κ1) is 14.0. The average molecular weight is 412 g/mol. The number of hydrogen-bond donors (Lipinski definition) is 1. The molecule has 0 fully saturated rings. The monoisotopic (exact) mass is 409 g/mol. The van der Waals surface area contributed by atoms with Crippen LogP contribution in [0.25, 0.3) is 10.6 Å². The van der Waals surface area contributed by atoms with Gasteiger partial charge in [0.15, 0.2) is 8.61 Å². The lowest BCUT2D eigenvalue weighted by atomic mass is 10.2. The number of aromatic nitrogens is 1. The fourth-order valence-corrected chi connectivity index (χ4v) is 3.54. The summed E-state index contributed by atoms with van der Waals surface area (Å²) in [6.07, 6.45) is 0. The van der Waals surface area contributed by atoms with Crippen LogP contribution in [0, 0.1) is 0 Å². The molecule has 1 amide bonds. The van der Waals surface area contributed by atoms with Crippen LogP contribution in [0.5, 0.6) is 0 Å². The van der Waals surface area contributed by atoms with E-state index in [1.54, 1.807) is 12.1 Å². The molecule has 1 aromatic carbocycles. The number of aromatic amines is 1. The summed E-state index contributed by atoms with van der Waals surface area (Å²) in [5, 5.41) is 1.53. The number of H-pyrrole nitrogens is 1. The van der Waals surface area contributed by atoms with E-state index in [0.717, 1.165) is 16.3 Å². The summed E-state index contributed by atoms with van der Waals surface area (Å²) in [6.45, 7) is 0. The van der Waals surface area contributed by atoms with E-state index in [4.69, 9.17) is 17.3 Å². The van der Waals surface area contributed by atoms with Crippen molar-refractivity contribution in [2.75, 3.05) is 0 Å². The van der Waals surface area contributed by atoms with Crippen molar-refractivity contribution in [3.8, 4) is 10.6 Å². The van der Waals surface area contributed by atoms with Crippen LogP contribution in [-0.4, -0.2) is 5.91 Å². The first-order valence-corrected chi connectivity index (χ1v) is 7.91. The zero-order valence-corrected chi connectivity index (χ0v) is 13.7. The molecule has 94 valence electrons. The molecule has 1 aromatic heterocycles. The van der Waals surface area contributed by atoms with Crippen LogP contribution in [-0.2, 0) is 0 Å². The Kier molecular flexibility index (Phi) is 4.42. The molecule has 3 N–H and O–H groups in total. The van der Waals surface area contributed by atoms with Crippen molar-refractivity contribution >= 4 is 60.7 Å². The van der Waals surface area contributed by atoms with Crippen LogP contribution >= 0.6 is 54.8 Å². The lowest BCUT2D eigenvalue weighted by Gasteiger charge is -1.92. The highest BCUT2D eigenvalue weighted by Crippen LogP contribution is 2.34. The van der Waals surface area contributed by atoms with Crippen molar-refractivity contribution in [2.24, 2.45) is 5.73 Å². The number of carbonyl (C=O) groups excluding carboxylic acids is 1. The third-order valence-corrected chi connectivity index (χ3v) is 4.58. The lowest BCUT2D eigenvalue weighted by Crippen LogP contribution is -2.16. The molecule has 18 heavy (non-hydrogen) atoms. The molecule has 0 unspecified atom stereocenters. The van der Waals surface area contributed by atoms with E-state index < -0.39 is 5.91 Å². The van der Waals surface area contributed by atoms with E-state index in [1.807, 2.05) is 12.1 Å². The number of halogens is 3. The van der Waals surface area contributed by atoms with Crippen LogP contribution in [0.4, 0.5) is 0 Å². The molecule has 0 bridgehead atoms. The second kappa shape index (κ2) is 5.69. The summed E-state index contributed by atoms with van der Waals surface area (Å²) in [6, 6.07) is 7.37. The van der Waals surface area contributed by atoms with Gasteiger partial charge in [0.25, 0.3) is 10.9 Å². The highest BCUT2D eigenvalue weighted by molar-refractivity contribution is 9.24. The van der Waals surface area contributed by atoms with Crippen molar-refractivity contribution in [1.29, 1.82) is 0 Å². The van der Waals surface area contributed by atoms with Gasteiger partial charge in [-0.1, -0.05) is 54.8 Å². The number of nitrogens with two attached hydrogens (primary N) is 1. The Labute approximate surface area is 130 Å².